The summed E-state index contributed by atoms with van der Waals surface area (Å²) < 4.78 is 11.0. The zero-order valence-corrected chi connectivity index (χ0v) is 19.7. The number of nitrogens with zero attached hydrogens (tertiary/aromatic N) is 1. The number of carbonyl (C=O) groups is 1. The highest BCUT2D eigenvalue weighted by molar-refractivity contribution is 6.00. The van der Waals surface area contributed by atoms with Gasteiger partial charge in [-0.25, -0.2) is 0 Å². The zero-order chi connectivity index (χ0) is 23.8. The molecule has 3 aromatic carbocycles. The van der Waals surface area contributed by atoms with E-state index in [-0.39, 0.29) is 5.97 Å². The third-order valence-electron chi connectivity index (χ3n) is 5.21. The molecule has 1 atom stereocenters. The van der Waals surface area contributed by atoms with Gasteiger partial charge in [0.15, 0.2) is 0 Å². The van der Waals surface area contributed by atoms with Gasteiger partial charge in [-0.05, 0) is 41.3 Å². The van der Waals surface area contributed by atoms with Gasteiger partial charge in [0.25, 0.3) is 0 Å². The molecule has 5 heteroatoms. The molecule has 0 radical (unpaired) electrons. The smallest absolute Gasteiger partial charge is 0.303 e. The van der Waals surface area contributed by atoms with Crippen LogP contribution in [0.3, 0.4) is 0 Å². The van der Waals surface area contributed by atoms with Gasteiger partial charge >= 0.3 is 5.97 Å². The van der Waals surface area contributed by atoms with Crippen LogP contribution < -0.4 is 4.74 Å². The molecule has 0 spiro atoms. The first-order valence-electron chi connectivity index (χ1n) is 11.0. The van der Waals surface area contributed by atoms with Crippen LogP contribution >= 0.6 is 0 Å². The molecule has 172 valence electrons. The fraction of sp³-hybridized carbons (Fsp3) is 0.250. The van der Waals surface area contributed by atoms with Gasteiger partial charge in [-0.15, -0.1) is 0 Å². The minimum Gasteiger partial charge on any atom is -0.633 e. The molecule has 0 N–H and O–H groups in total. The molecule has 3 rings (SSSR count). The highest BCUT2D eigenvalue weighted by atomic mass is 16.5. The summed E-state index contributed by atoms with van der Waals surface area (Å²) >= 11 is 0. The summed E-state index contributed by atoms with van der Waals surface area (Å²) in [6.07, 6.45) is -0.451. The average molecular weight is 446 g/mol. The number of hydrogen-bond donors (Lipinski definition) is 0. The molecule has 3 aromatic rings. The first-order chi connectivity index (χ1) is 15.7. The molecule has 0 fully saturated rings. The Kier molecular flexibility index (Phi) is 8.04. The average Bonchev–Trinajstić information content (AvgIpc) is 2.78. The molecule has 0 saturated heterocycles. The SMILES string of the molecule is CC(=O)OC(C)/C(=C(/c1ccccc1)c1ccc(OCC[N+](C)(C)[O-])cc1)c1ccccc1. The maximum atomic E-state index is 11.8. The van der Waals surface area contributed by atoms with Gasteiger partial charge < -0.3 is 19.3 Å². The van der Waals surface area contributed by atoms with Crippen LogP contribution in [0, 0.1) is 5.21 Å². The molecule has 0 bridgehead atoms. The van der Waals surface area contributed by atoms with Crippen molar-refractivity contribution in [2.24, 2.45) is 0 Å². The monoisotopic (exact) mass is 445 g/mol. The molecule has 5 nitrogen and oxygen atoms in total. The largest absolute Gasteiger partial charge is 0.633 e. The van der Waals surface area contributed by atoms with Gasteiger partial charge in [-0.1, -0.05) is 72.8 Å². The van der Waals surface area contributed by atoms with E-state index in [1.807, 2.05) is 79.7 Å². The number of hydroxylamine groups is 3. The van der Waals surface area contributed by atoms with Crippen molar-refractivity contribution in [2.45, 2.75) is 20.0 Å². The predicted octanol–water partition coefficient (Wildman–Crippen LogP) is 5.55. The van der Waals surface area contributed by atoms with Gasteiger partial charge in [0.1, 0.15) is 25.0 Å². The Hall–Kier alpha value is -3.41. The van der Waals surface area contributed by atoms with Crippen molar-refractivity contribution in [2.75, 3.05) is 27.2 Å². The van der Waals surface area contributed by atoms with E-state index in [9.17, 15) is 10.0 Å². The summed E-state index contributed by atoms with van der Waals surface area (Å²) in [5.41, 5.74) is 4.90. The third-order valence-corrected chi connectivity index (χ3v) is 5.21. The van der Waals surface area contributed by atoms with Crippen LogP contribution in [0.25, 0.3) is 11.1 Å². The predicted molar refractivity (Wildman–Crippen MR) is 132 cm³/mol. The Morgan fingerprint density at radius 3 is 1.88 bits per heavy atom. The second kappa shape index (κ2) is 10.9. The Labute approximate surface area is 196 Å². The summed E-state index contributed by atoms with van der Waals surface area (Å²) in [7, 11) is 3.19. The van der Waals surface area contributed by atoms with Crippen molar-refractivity contribution in [1.29, 1.82) is 0 Å². The lowest BCUT2D eigenvalue weighted by atomic mass is 9.87. The Morgan fingerprint density at radius 1 is 0.848 bits per heavy atom. The topological polar surface area (TPSA) is 58.6 Å². The van der Waals surface area contributed by atoms with Gasteiger partial charge in [0.2, 0.25) is 0 Å². The normalized spacial score (nSPS) is 13.1. The number of carbonyl (C=O) groups excluding carboxylic acids is 1. The van der Waals surface area contributed by atoms with E-state index in [0.29, 0.717) is 18.9 Å². The third kappa shape index (κ3) is 7.04. The van der Waals surface area contributed by atoms with E-state index in [4.69, 9.17) is 9.47 Å². The van der Waals surface area contributed by atoms with Crippen molar-refractivity contribution < 1.29 is 18.9 Å². The fourth-order valence-corrected chi connectivity index (χ4v) is 3.69. The van der Waals surface area contributed by atoms with Crippen LogP contribution in [0.15, 0.2) is 84.9 Å². The highest BCUT2D eigenvalue weighted by Gasteiger charge is 2.21. The number of quaternary nitrogens is 1. The van der Waals surface area contributed by atoms with Crippen LogP contribution in [0.2, 0.25) is 0 Å². The number of ether oxygens (including phenoxy) is 2. The molecule has 0 aliphatic carbocycles. The van der Waals surface area contributed by atoms with Crippen LogP contribution in [0.5, 0.6) is 5.75 Å². The van der Waals surface area contributed by atoms with Gasteiger partial charge in [0.05, 0.1) is 14.1 Å². The van der Waals surface area contributed by atoms with Gasteiger partial charge in [-0.3, -0.25) is 4.79 Å². The van der Waals surface area contributed by atoms with Gasteiger partial charge in [0, 0.05) is 12.5 Å². The van der Waals surface area contributed by atoms with Crippen molar-refractivity contribution in [3.8, 4) is 5.75 Å². The molecular weight excluding hydrogens is 414 g/mol. The summed E-state index contributed by atoms with van der Waals surface area (Å²) in [5, 5.41) is 11.8. The van der Waals surface area contributed by atoms with E-state index in [2.05, 4.69) is 12.1 Å². The van der Waals surface area contributed by atoms with E-state index in [0.717, 1.165) is 27.8 Å². The molecule has 1 unspecified atom stereocenters. The lowest BCUT2D eigenvalue weighted by Crippen LogP contribution is -2.36. The maximum absolute atomic E-state index is 11.8. The van der Waals surface area contributed by atoms with E-state index < -0.39 is 10.8 Å². The number of esters is 1. The molecule has 0 amide bonds. The second-order valence-electron chi connectivity index (χ2n) is 8.44. The zero-order valence-electron chi connectivity index (χ0n) is 19.7. The maximum Gasteiger partial charge on any atom is 0.303 e. The highest BCUT2D eigenvalue weighted by Crippen LogP contribution is 2.36. The van der Waals surface area contributed by atoms with Crippen molar-refractivity contribution in [3.63, 3.8) is 0 Å². The minimum absolute atomic E-state index is 0.327. The first-order valence-corrected chi connectivity index (χ1v) is 11.0. The minimum atomic E-state index is -0.451. The molecule has 0 saturated carbocycles. The Morgan fingerprint density at radius 2 is 1.36 bits per heavy atom. The fourth-order valence-electron chi connectivity index (χ4n) is 3.69. The molecule has 0 aromatic heterocycles. The standard InChI is InChI=1S/C28H31NO4/c1-21(33-22(2)30)27(23-11-7-5-8-12-23)28(24-13-9-6-10-14-24)25-15-17-26(18-16-25)32-20-19-29(3,4)31/h5-18,21H,19-20H2,1-4H3/b28-27+. The molecule has 0 aliphatic heterocycles. The van der Waals surface area contributed by atoms with Gasteiger partial charge in [-0.2, -0.15) is 0 Å². The van der Waals surface area contributed by atoms with Crippen LogP contribution in [0.1, 0.15) is 30.5 Å². The quantitative estimate of drug-likeness (QED) is 0.188. The molecular formula is C28H31NO4. The summed E-state index contributed by atoms with van der Waals surface area (Å²) in [5.74, 6) is 0.376. The number of hydrogen-bond acceptors (Lipinski definition) is 4. The second-order valence-corrected chi connectivity index (χ2v) is 8.44. The Balaban J connectivity index is 2.08. The van der Waals surface area contributed by atoms with E-state index in [1.165, 1.54) is 6.92 Å². The van der Waals surface area contributed by atoms with Crippen LogP contribution in [-0.2, 0) is 9.53 Å². The van der Waals surface area contributed by atoms with Crippen LogP contribution in [0.4, 0.5) is 0 Å². The lowest BCUT2D eigenvalue weighted by Gasteiger charge is -2.33. The molecule has 0 aliphatic rings. The van der Waals surface area contributed by atoms with Crippen LogP contribution in [-0.4, -0.2) is 44.0 Å². The summed E-state index contributed by atoms with van der Waals surface area (Å²) in [6, 6.07) is 27.9. The summed E-state index contributed by atoms with van der Waals surface area (Å²) in [4.78, 5) is 11.8. The number of likely N-dealkylation sites (N-methyl/N-ethyl adjacent to an activating group) is 1. The molecule has 0 heterocycles. The van der Waals surface area contributed by atoms with Crippen molar-refractivity contribution in [3.05, 3.63) is 107 Å². The van der Waals surface area contributed by atoms with Crippen molar-refractivity contribution in [1.82, 2.24) is 0 Å². The molecule has 33 heavy (non-hydrogen) atoms. The first kappa shape index (κ1) is 24.2. The van der Waals surface area contributed by atoms with E-state index in [1.54, 1.807) is 14.1 Å². The van der Waals surface area contributed by atoms with Crippen molar-refractivity contribution >= 4 is 17.1 Å². The lowest BCUT2D eigenvalue weighted by molar-refractivity contribution is -0.840. The Bertz CT molecular complexity index is 1070. The summed E-state index contributed by atoms with van der Waals surface area (Å²) in [6.45, 7) is 4.04. The number of benzene rings is 3. The van der Waals surface area contributed by atoms with E-state index >= 15 is 0 Å². The number of rotatable bonds is 9.